The molecule has 0 spiro atoms. The van der Waals surface area contributed by atoms with Crippen LogP contribution >= 0.6 is 0 Å². The van der Waals surface area contributed by atoms with E-state index >= 15 is 0 Å². The Bertz CT molecular complexity index is 980. The minimum Gasteiger partial charge on any atom is -0.284 e. The molecule has 0 aromatic heterocycles. The van der Waals surface area contributed by atoms with Crippen molar-refractivity contribution in [2.24, 2.45) is 0 Å². The molecule has 1 N–H and O–H groups in total. The summed E-state index contributed by atoms with van der Waals surface area (Å²) in [7, 11) is -9.96. The highest BCUT2D eigenvalue weighted by atomic mass is 32.3. The van der Waals surface area contributed by atoms with E-state index in [1.54, 1.807) is 12.1 Å². The molecular weight excluding hydrogens is 460 g/mol. The maximum absolute atomic E-state index is 13.4. The van der Waals surface area contributed by atoms with E-state index in [4.69, 9.17) is 4.18 Å². The number of rotatable bonds is 16. The van der Waals surface area contributed by atoms with Crippen molar-refractivity contribution in [1.29, 1.82) is 0 Å². The van der Waals surface area contributed by atoms with E-state index in [0.717, 1.165) is 25.7 Å². The van der Waals surface area contributed by atoms with Gasteiger partial charge in [-0.2, -0.15) is 16.8 Å². The summed E-state index contributed by atoms with van der Waals surface area (Å²) in [6.45, 7) is 2.05. The summed E-state index contributed by atoms with van der Waals surface area (Å²) in [6, 6.07) is 14.8. The summed E-state index contributed by atoms with van der Waals surface area (Å²) in [5.74, 6) is 0. The topological polar surface area (TPSA) is 97.7 Å². The molecule has 0 saturated heterocycles. The minimum atomic E-state index is -5.17. The average molecular weight is 497 g/mol. The van der Waals surface area contributed by atoms with E-state index in [-0.39, 0.29) is 17.7 Å². The van der Waals surface area contributed by atoms with Gasteiger partial charge in [-0.15, -0.1) is 0 Å². The van der Waals surface area contributed by atoms with Crippen LogP contribution < -0.4 is 0 Å². The summed E-state index contributed by atoms with van der Waals surface area (Å²) in [4.78, 5) is 0. The highest BCUT2D eigenvalue weighted by Crippen LogP contribution is 2.43. The van der Waals surface area contributed by atoms with Gasteiger partial charge in [-0.1, -0.05) is 125 Å². The number of hydrogen-bond acceptors (Lipinski definition) is 5. The van der Waals surface area contributed by atoms with Crippen LogP contribution in [0.1, 0.15) is 82.3 Å². The van der Waals surface area contributed by atoms with Crippen LogP contribution in [0, 0.1) is 0 Å². The second-order valence-electron chi connectivity index (χ2n) is 8.28. The maximum atomic E-state index is 13.4. The van der Waals surface area contributed by atoms with Crippen LogP contribution in [0.25, 0.3) is 0 Å². The molecule has 0 unspecified atom stereocenters. The Labute approximate surface area is 199 Å². The van der Waals surface area contributed by atoms with Crippen molar-refractivity contribution in [1.82, 2.24) is 0 Å². The molecule has 0 aliphatic rings. The Morgan fingerprint density at radius 3 is 1.45 bits per heavy atom. The normalized spacial score (nSPS) is 12.7. The zero-order valence-electron chi connectivity index (χ0n) is 19.4. The molecule has 0 fully saturated rings. The highest BCUT2D eigenvalue weighted by molar-refractivity contribution is 8.05. The van der Waals surface area contributed by atoms with Gasteiger partial charge >= 0.3 is 0 Å². The first kappa shape index (κ1) is 27.5. The Morgan fingerprint density at radius 1 is 0.667 bits per heavy atom. The van der Waals surface area contributed by atoms with E-state index in [9.17, 15) is 21.4 Å². The van der Waals surface area contributed by atoms with Crippen molar-refractivity contribution < 1.29 is 25.6 Å². The van der Waals surface area contributed by atoms with Crippen molar-refractivity contribution in [3.8, 4) is 0 Å². The molecule has 33 heavy (non-hydrogen) atoms. The lowest BCUT2D eigenvalue weighted by Gasteiger charge is -2.30. The third-order valence-corrected chi connectivity index (χ3v) is 9.85. The van der Waals surface area contributed by atoms with E-state index in [1.807, 2.05) is 0 Å². The summed E-state index contributed by atoms with van der Waals surface area (Å²) in [5.41, 5.74) is -0.191. The summed E-state index contributed by atoms with van der Waals surface area (Å²) in [6.07, 6.45) is 10.8. The van der Waals surface area contributed by atoms with Gasteiger partial charge in [0.05, 0.1) is 6.61 Å². The van der Waals surface area contributed by atoms with Gasteiger partial charge in [-0.05, 0) is 17.5 Å². The van der Waals surface area contributed by atoms with E-state index in [0.29, 0.717) is 6.42 Å². The Kier molecular flexibility index (Phi) is 11.0. The summed E-state index contributed by atoms with van der Waals surface area (Å²) < 4.78 is 64.9. The zero-order valence-corrected chi connectivity index (χ0v) is 21.0. The van der Waals surface area contributed by atoms with Gasteiger partial charge in [-0.3, -0.25) is 8.74 Å². The number of hydrogen-bond donors (Lipinski definition) is 1. The largest absolute Gasteiger partial charge is 0.299 e. The Hall–Kier alpha value is -1.74. The molecule has 2 aromatic carbocycles. The van der Waals surface area contributed by atoms with Crippen LogP contribution in [0.15, 0.2) is 60.7 Å². The molecule has 0 aliphatic carbocycles. The van der Waals surface area contributed by atoms with Crippen molar-refractivity contribution in [3.63, 3.8) is 0 Å². The van der Waals surface area contributed by atoms with E-state index < -0.39 is 24.3 Å². The zero-order chi connectivity index (χ0) is 24.2. The fourth-order valence-corrected chi connectivity index (χ4v) is 7.44. The lowest BCUT2D eigenvalue weighted by Crippen LogP contribution is -2.45. The monoisotopic (exact) mass is 496 g/mol. The quantitative estimate of drug-likeness (QED) is 0.173. The first-order chi connectivity index (χ1) is 15.8. The SMILES string of the molecule is CCCCCCCCCCCCOS(=O)(=O)C(c1ccccc1)(c1ccccc1)S(=O)(=O)O. The predicted molar refractivity (Wildman–Crippen MR) is 132 cm³/mol. The van der Waals surface area contributed by atoms with Gasteiger partial charge in [0.1, 0.15) is 0 Å². The second kappa shape index (κ2) is 13.2. The fraction of sp³-hybridized carbons (Fsp3) is 0.520. The van der Waals surface area contributed by atoms with Crippen LogP contribution in [-0.4, -0.2) is 28.0 Å². The molecule has 0 heterocycles. The lowest BCUT2D eigenvalue weighted by atomic mass is 10.0. The first-order valence-electron chi connectivity index (χ1n) is 11.7. The maximum Gasteiger partial charge on any atom is 0.299 e. The Balaban J connectivity index is 2.09. The highest BCUT2D eigenvalue weighted by Gasteiger charge is 2.59. The predicted octanol–water partition coefficient (Wildman–Crippen LogP) is 6.04. The molecule has 6 nitrogen and oxygen atoms in total. The molecule has 0 saturated carbocycles. The van der Waals surface area contributed by atoms with Crippen molar-refractivity contribution >= 4 is 20.2 Å². The van der Waals surface area contributed by atoms with Crippen LogP contribution in [0.5, 0.6) is 0 Å². The van der Waals surface area contributed by atoms with Gasteiger partial charge in [0.15, 0.2) is 0 Å². The smallest absolute Gasteiger partial charge is 0.284 e. The van der Waals surface area contributed by atoms with E-state index in [1.165, 1.54) is 80.6 Å². The summed E-state index contributed by atoms with van der Waals surface area (Å²) >= 11 is 0. The molecule has 2 aromatic rings. The van der Waals surface area contributed by atoms with Gasteiger partial charge in [0.2, 0.25) is 0 Å². The first-order valence-corrected chi connectivity index (χ1v) is 14.6. The molecule has 0 aliphatic heterocycles. The number of unbranched alkanes of at least 4 members (excludes halogenated alkanes) is 9. The van der Waals surface area contributed by atoms with Gasteiger partial charge in [0.25, 0.3) is 24.3 Å². The van der Waals surface area contributed by atoms with Crippen molar-refractivity contribution in [2.45, 2.75) is 75.2 Å². The standard InChI is InChI=1S/C25H36O6S2/c1-2-3-4-5-6-7-8-9-10-17-22-31-33(29,30)25(32(26,27)28,23-18-13-11-14-19-23)24-20-15-12-16-21-24/h11-16,18-21H,2-10,17,22H2,1H3,(H,26,27,28). The average Bonchev–Trinajstić information content (AvgIpc) is 2.78. The van der Waals surface area contributed by atoms with Crippen molar-refractivity contribution in [2.75, 3.05) is 6.61 Å². The molecule has 184 valence electrons. The molecule has 0 atom stereocenters. The molecule has 0 amide bonds. The molecule has 2 rings (SSSR count). The molecular formula is C25H36O6S2. The molecule has 8 heteroatoms. The van der Waals surface area contributed by atoms with Gasteiger partial charge in [-0.25, -0.2) is 0 Å². The molecule has 0 radical (unpaired) electrons. The van der Waals surface area contributed by atoms with Crippen LogP contribution in [0.2, 0.25) is 0 Å². The van der Waals surface area contributed by atoms with E-state index in [2.05, 4.69) is 6.92 Å². The Morgan fingerprint density at radius 2 is 1.06 bits per heavy atom. The summed E-state index contributed by atoms with van der Waals surface area (Å²) in [5, 5.41) is 0. The second-order valence-corrected chi connectivity index (χ2v) is 11.9. The van der Waals surface area contributed by atoms with Gasteiger partial charge in [0, 0.05) is 0 Å². The third kappa shape index (κ3) is 7.12. The third-order valence-electron chi connectivity index (χ3n) is 5.76. The van der Waals surface area contributed by atoms with Gasteiger partial charge < -0.3 is 0 Å². The van der Waals surface area contributed by atoms with Crippen LogP contribution in [-0.2, 0) is 28.5 Å². The fourth-order valence-electron chi connectivity index (χ4n) is 4.04. The van der Waals surface area contributed by atoms with Crippen LogP contribution in [0.4, 0.5) is 0 Å². The lowest BCUT2D eigenvalue weighted by molar-refractivity contribution is 0.298. The molecule has 0 bridgehead atoms. The number of benzene rings is 2. The minimum absolute atomic E-state index is 0.0956. The van der Waals surface area contributed by atoms with Crippen LogP contribution in [0.3, 0.4) is 0 Å². The van der Waals surface area contributed by atoms with Crippen molar-refractivity contribution in [3.05, 3.63) is 71.8 Å².